The molecule has 1 unspecified atom stereocenters. The van der Waals surface area contributed by atoms with Gasteiger partial charge in [-0.25, -0.2) is 0 Å². The largest absolute Gasteiger partial charge is 0.330 e. The second-order valence-electron chi connectivity index (χ2n) is 5.99. The Morgan fingerprint density at radius 3 is 2.32 bits per heavy atom. The summed E-state index contributed by atoms with van der Waals surface area (Å²) in [6, 6.07) is 0.102. The van der Waals surface area contributed by atoms with Crippen LogP contribution in [0.4, 0.5) is 0 Å². The number of rotatable bonds is 7. The first-order valence-electron chi connectivity index (χ1n) is 7.52. The molecule has 1 saturated heterocycles. The van der Waals surface area contributed by atoms with Gasteiger partial charge in [-0.15, -0.1) is 0 Å². The van der Waals surface area contributed by atoms with Crippen molar-refractivity contribution in [1.82, 2.24) is 9.03 Å². The molecule has 5 nitrogen and oxygen atoms in total. The van der Waals surface area contributed by atoms with Crippen LogP contribution >= 0.6 is 0 Å². The number of hydrogen-bond acceptors (Lipinski definition) is 3. The summed E-state index contributed by atoms with van der Waals surface area (Å²) in [5.41, 5.74) is 5.64. The minimum atomic E-state index is -3.30. The Kier molecular flexibility index (Phi) is 5.22. The number of nitrogens with two attached hydrogens (primary N) is 1. The van der Waals surface area contributed by atoms with Gasteiger partial charge in [0, 0.05) is 19.1 Å². The van der Waals surface area contributed by atoms with Crippen molar-refractivity contribution in [3.05, 3.63) is 0 Å². The molecule has 0 aromatic heterocycles. The molecular formula is C13H27N3O2S. The normalized spacial score (nSPS) is 24.5. The zero-order valence-corrected chi connectivity index (χ0v) is 12.7. The predicted octanol–water partition coefficient (Wildman–Crippen LogP) is 1.07. The highest BCUT2D eigenvalue weighted by molar-refractivity contribution is 7.87. The maximum absolute atomic E-state index is 12.3. The summed E-state index contributed by atoms with van der Waals surface area (Å²) in [5, 5.41) is 0. The summed E-state index contributed by atoms with van der Waals surface area (Å²) in [4.78, 5) is 0. The van der Waals surface area contributed by atoms with Gasteiger partial charge in [0.2, 0.25) is 0 Å². The summed E-state index contributed by atoms with van der Waals surface area (Å²) < 4.78 is 29.1. The average Bonchev–Trinajstić information content (AvgIpc) is 3.21. The van der Waals surface area contributed by atoms with Crippen LogP contribution in [0, 0.1) is 11.8 Å². The lowest BCUT2D eigenvalue weighted by Crippen LogP contribution is -2.48. The SMILES string of the molecule is CCC(CC1CC1)NS(=O)(=O)N1CCC(CN)CC1. The van der Waals surface area contributed by atoms with E-state index in [1.54, 1.807) is 4.31 Å². The van der Waals surface area contributed by atoms with E-state index in [4.69, 9.17) is 5.73 Å². The van der Waals surface area contributed by atoms with Crippen LogP contribution in [0.1, 0.15) is 45.4 Å². The van der Waals surface area contributed by atoms with Crippen LogP contribution in [-0.2, 0) is 10.2 Å². The molecule has 0 aromatic carbocycles. The van der Waals surface area contributed by atoms with Gasteiger partial charge < -0.3 is 5.73 Å². The van der Waals surface area contributed by atoms with Gasteiger partial charge >= 0.3 is 0 Å². The first-order valence-corrected chi connectivity index (χ1v) is 8.96. The molecular weight excluding hydrogens is 262 g/mol. The molecule has 1 heterocycles. The zero-order valence-electron chi connectivity index (χ0n) is 11.8. The Balaban J connectivity index is 1.86. The van der Waals surface area contributed by atoms with E-state index < -0.39 is 10.2 Å². The van der Waals surface area contributed by atoms with E-state index in [0.717, 1.165) is 31.6 Å². The van der Waals surface area contributed by atoms with Crippen molar-refractivity contribution in [3.8, 4) is 0 Å². The minimum Gasteiger partial charge on any atom is -0.330 e. The van der Waals surface area contributed by atoms with Crippen LogP contribution in [0.25, 0.3) is 0 Å². The minimum absolute atomic E-state index is 0.102. The monoisotopic (exact) mass is 289 g/mol. The first kappa shape index (κ1) is 15.2. The summed E-state index contributed by atoms with van der Waals surface area (Å²) in [6.45, 7) is 3.94. The molecule has 2 rings (SSSR count). The van der Waals surface area contributed by atoms with Gasteiger partial charge in [-0.3, -0.25) is 0 Å². The Hall–Kier alpha value is -0.170. The highest BCUT2D eigenvalue weighted by Gasteiger charge is 2.31. The van der Waals surface area contributed by atoms with Crippen LogP contribution in [0.3, 0.4) is 0 Å². The summed E-state index contributed by atoms with van der Waals surface area (Å²) in [5.74, 6) is 1.23. The number of hydrogen-bond donors (Lipinski definition) is 2. The molecule has 1 saturated carbocycles. The summed E-state index contributed by atoms with van der Waals surface area (Å²) in [6.07, 6.45) is 6.16. The highest BCUT2D eigenvalue weighted by Crippen LogP contribution is 2.34. The fraction of sp³-hybridized carbons (Fsp3) is 1.00. The van der Waals surface area contributed by atoms with Gasteiger partial charge in [0.15, 0.2) is 0 Å². The molecule has 3 N–H and O–H groups in total. The molecule has 0 spiro atoms. The van der Waals surface area contributed by atoms with Gasteiger partial charge in [-0.1, -0.05) is 19.8 Å². The van der Waals surface area contributed by atoms with E-state index in [1.807, 2.05) is 0 Å². The van der Waals surface area contributed by atoms with E-state index in [-0.39, 0.29) is 6.04 Å². The fourth-order valence-electron chi connectivity index (χ4n) is 2.72. The van der Waals surface area contributed by atoms with Gasteiger partial charge in [0.25, 0.3) is 10.2 Å². The van der Waals surface area contributed by atoms with Crippen LogP contribution in [0.15, 0.2) is 0 Å². The summed E-state index contributed by atoms with van der Waals surface area (Å²) >= 11 is 0. The van der Waals surface area contributed by atoms with Crippen molar-refractivity contribution in [2.24, 2.45) is 17.6 Å². The topological polar surface area (TPSA) is 75.4 Å². The molecule has 2 aliphatic rings. The lowest BCUT2D eigenvalue weighted by Gasteiger charge is -2.31. The molecule has 0 aromatic rings. The zero-order chi connectivity index (χ0) is 13.9. The van der Waals surface area contributed by atoms with E-state index in [2.05, 4.69) is 11.6 Å². The second kappa shape index (κ2) is 6.52. The van der Waals surface area contributed by atoms with E-state index in [1.165, 1.54) is 12.8 Å². The number of nitrogens with one attached hydrogen (secondary N) is 1. The predicted molar refractivity (Wildman–Crippen MR) is 76.8 cm³/mol. The molecule has 0 amide bonds. The lowest BCUT2D eigenvalue weighted by molar-refractivity contribution is 0.273. The second-order valence-corrected chi connectivity index (χ2v) is 7.69. The maximum atomic E-state index is 12.3. The third kappa shape index (κ3) is 4.41. The first-order chi connectivity index (χ1) is 9.05. The third-order valence-corrected chi connectivity index (χ3v) is 6.05. The fourth-order valence-corrected chi connectivity index (χ4v) is 4.25. The van der Waals surface area contributed by atoms with E-state index >= 15 is 0 Å². The Morgan fingerprint density at radius 1 is 1.21 bits per heavy atom. The molecule has 0 radical (unpaired) electrons. The smallest absolute Gasteiger partial charge is 0.279 e. The van der Waals surface area contributed by atoms with Crippen molar-refractivity contribution in [2.75, 3.05) is 19.6 Å². The molecule has 1 aliphatic heterocycles. The van der Waals surface area contributed by atoms with Crippen molar-refractivity contribution < 1.29 is 8.42 Å². The van der Waals surface area contributed by atoms with E-state index in [9.17, 15) is 8.42 Å². The molecule has 6 heteroatoms. The Bertz CT molecular complexity index is 373. The Labute approximate surface area is 117 Å². The van der Waals surface area contributed by atoms with Crippen molar-refractivity contribution in [1.29, 1.82) is 0 Å². The highest BCUT2D eigenvalue weighted by atomic mass is 32.2. The van der Waals surface area contributed by atoms with Crippen LogP contribution in [-0.4, -0.2) is 38.4 Å². The maximum Gasteiger partial charge on any atom is 0.279 e. The van der Waals surface area contributed by atoms with Crippen LogP contribution in [0.2, 0.25) is 0 Å². The Morgan fingerprint density at radius 2 is 1.84 bits per heavy atom. The molecule has 19 heavy (non-hydrogen) atoms. The number of piperidine rings is 1. The molecule has 112 valence electrons. The van der Waals surface area contributed by atoms with E-state index in [0.29, 0.717) is 25.6 Å². The number of nitrogens with zero attached hydrogens (tertiary/aromatic N) is 1. The third-order valence-electron chi connectivity index (χ3n) is 4.37. The lowest BCUT2D eigenvalue weighted by atomic mass is 9.99. The summed E-state index contributed by atoms with van der Waals surface area (Å²) in [7, 11) is -3.30. The van der Waals surface area contributed by atoms with Crippen LogP contribution in [0.5, 0.6) is 0 Å². The molecule has 2 fully saturated rings. The van der Waals surface area contributed by atoms with Crippen molar-refractivity contribution >= 4 is 10.2 Å². The van der Waals surface area contributed by atoms with Gasteiger partial charge in [0.1, 0.15) is 0 Å². The molecule has 0 bridgehead atoms. The van der Waals surface area contributed by atoms with Crippen molar-refractivity contribution in [3.63, 3.8) is 0 Å². The average molecular weight is 289 g/mol. The van der Waals surface area contributed by atoms with Gasteiger partial charge in [-0.2, -0.15) is 17.4 Å². The molecule has 1 aliphatic carbocycles. The van der Waals surface area contributed by atoms with Crippen LogP contribution < -0.4 is 10.5 Å². The molecule has 1 atom stereocenters. The van der Waals surface area contributed by atoms with Crippen molar-refractivity contribution in [2.45, 2.75) is 51.5 Å². The standard InChI is InChI=1S/C13H27N3O2S/c1-2-13(9-11-3-4-11)15-19(17,18)16-7-5-12(10-14)6-8-16/h11-13,15H,2-10,14H2,1H3. The van der Waals surface area contributed by atoms with Gasteiger partial charge in [-0.05, 0) is 44.1 Å². The quantitative estimate of drug-likeness (QED) is 0.736. The van der Waals surface area contributed by atoms with Gasteiger partial charge in [0.05, 0.1) is 0 Å².